The highest BCUT2D eigenvalue weighted by Gasteiger charge is 2.37. The monoisotopic (exact) mass is 781 g/mol. The minimum Gasteiger partial charge on any atom is -0.456 e. The van der Waals surface area contributed by atoms with Crippen LogP contribution in [0.4, 0.5) is 34.1 Å². The molecule has 0 saturated heterocycles. The maximum Gasteiger partial charge on any atom is 0.137 e. The third-order valence-corrected chi connectivity index (χ3v) is 13.3. The van der Waals surface area contributed by atoms with Gasteiger partial charge in [0.2, 0.25) is 0 Å². The molecule has 0 fully saturated rings. The van der Waals surface area contributed by atoms with Crippen LogP contribution in [-0.2, 0) is 5.41 Å². The fourth-order valence-electron chi connectivity index (χ4n) is 10.4. The molecule has 2 aliphatic rings. The van der Waals surface area contributed by atoms with E-state index in [1.54, 1.807) is 0 Å². The van der Waals surface area contributed by atoms with Crippen LogP contribution in [0.15, 0.2) is 205 Å². The van der Waals surface area contributed by atoms with Gasteiger partial charge in [0.05, 0.1) is 11.0 Å². The molecule has 9 aromatic carbocycles. The summed E-state index contributed by atoms with van der Waals surface area (Å²) in [5, 5.41) is 4.71. The minimum atomic E-state index is -0.170. The maximum atomic E-state index is 6.46. The number of nitrogens with zero attached hydrogens (tertiary/aromatic N) is 3. The first-order chi connectivity index (χ1) is 30.0. The van der Waals surface area contributed by atoms with Crippen molar-refractivity contribution in [2.75, 3.05) is 9.80 Å². The van der Waals surface area contributed by atoms with Crippen molar-refractivity contribution in [2.24, 2.45) is 0 Å². The van der Waals surface area contributed by atoms with E-state index in [2.05, 4.69) is 216 Å². The van der Waals surface area contributed by atoms with Gasteiger partial charge in [-0.1, -0.05) is 105 Å². The lowest BCUT2D eigenvalue weighted by Gasteiger charge is -2.28. The highest BCUT2D eigenvalue weighted by atomic mass is 16.3. The Morgan fingerprint density at radius 1 is 0.344 bits per heavy atom. The van der Waals surface area contributed by atoms with Gasteiger partial charge in [0, 0.05) is 72.8 Å². The first-order valence-electron chi connectivity index (χ1n) is 21.1. The van der Waals surface area contributed by atoms with Crippen LogP contribution in [0.1, 0.15) is 25.0 Å². The van der Waals surface area contributed by atoms with E-state index < -0.39 is 0 Å². The number of benzene rings is 9. The van der Waals surface area contributed by atoms with Crippen LogP contribution < -0.4 is 9.80 Å². The largest absolute Gasteiger partial charge is 0.456 e. The van der Waals surface area contributed by atoms with Crippen LogP contribution in [-0.4, -0.2) is 4.57 Å². The van der Waals surface area contributed by atoms with Crippen molar-refractivity contribution in [2.45, 2.75) is 19.3 Å². The average Bonchev–Trinajstić information content (AvgIpc) is 3.91. The quantitative estimate of drug-likeness (QED) is 0.178. The Balaban J connectivity index is 1.05. The lowest BCUT2D eigenvalue weighted by atomic mass is 9.82. The van der Waals surface area contributed by atoms with E-state index in [0.29, 0.717) is 0 Å². The molecule has 288 valence electrons. The van der Waals surface area contributed by atoms with Crippen molar-refractivity contribution < 1.29 is 4.42 Å². The van der Waals surface area contributed by atoms with Gasteiger partial charge in [-0.15, -0.1) is 0 Å². The molecule has 8 bridgehead atoms. The number of anilines is 6. The minimum absolute atomic E-state index is 0.170. The van der Waals surface area contributed by atoms with Gasteiger partial charge in [0.15, 0.2) is 0 Å². The Hall–Kier alpha value is -7.82. The van der Waals surface area contributed by atoms with Gasteiger partial charge in [-0.05, 0) is 137 Å². The summed E-state index contributed by atoms with van der Waals surface area (Å²) < 4.78 is 8.84. The average molecular weight is 782 g/mol. The van der Waals surface area contributed by atoms with Gasteiger partial charge in [-0.25, -0.2) is 0 Å². The highest BCUT2D eigenvalue weighted by molar-refractivity contribution is 6.11. The number of aromatic nitrogens is 1. The van der Waals surface area contributed by atoms with Crippen molar-refractivity contribution in [1.82, 2.24) is 4.57 Å². The summed E-state index contributed by atoms with van der Waals surface area (Å²) in [6.45, 7) is 4.72. The summed E-state index contributed by atoms with van der Waals surface area (Å²) >= 11 is 0. The van der Waals surface area contributed by atoms with Crippen LogP contribution >= 0.6 is 0 Å². The zero-order valence-electron chi connectivity index (χ0n) is 33.8. The number of rotatable bonds is 3. The Labute approximate surface area is 353 Å². The van der Waals surface area contributed by atoms with Crippen LogP contribution in [0.5, 0.6) is 0 Å². The van der Waals surface area contributed by atoms with E-state index in [1.165, 1.54) is 44.1 Å². The molecule has 4 nitrogen and oxygen atoms in total. The molecule has 0 spiro atoms. The Bertz CT molecular complexity index is 3590. The molecule has 0 unspecified atom stereocenters. The number of para-hydroxylation sites is 3. The molecule has 61 heavy (non-hydrogen) atoms. The van der Waals surface area contributed by atoms with Gasteiger partial charge in [0.25, 0.3) is 0 Å². The predicted octanol–water partition coefficient (Wildman–Crippen LogP) is 15.9. The number of hydrogen-bond donors (Lipinski definition) is 0. The highest BCUT2D eigenvalue weighted by Crippen LogP contribution is 2.53. The normalized spacial score (nSPS) is 13.8. The van der Waals surface area contributed by atoms with Crippen molar-refractivity contribution >= 4 is 77.9 Å². The Morgan fingerprint density at radius 2 is 0.852 bits per heavy atom. The number of furan rings is 1. The Kier molecular flexibility index (Phi) is 7.04. The summed E-state index contributed by atoms with van der Waals surface area (Å²) in [4.78, 5) is 4.82. The second-order valence-electron chi connectivity index (χ2n) is 17.0. The third-order valence-electron chi connectivity index (χ3n) is 13.3. The third kappa shape index (κ3) is 5.00. The first kappa shape index (κ1) is 34.1. The van der Waals surface area contributed by atoms with Crippen LogP contribution in [0, 0.1) is 0 Å². The summed E-state index contributed by atoms with van der Waals surface area (Å²) in [5.41, 5.74) is 19.2. The zero-order chi connectivity index (χ0) is 40.4. The van der Waals surface area contributed by atoms with Gasteiger partial charge in [0.1, 0.15) is 11.2 Å². The molecule has 0 saturated carbocycles. The van der Waals surface area contributed by atoms with Gasteiger partial charge >= 0.3 is 0 Å². The molecule has 2 aromatic heterocycles. The first-order valence-corrected chi connectivity index (χ1v) is 21.1. The predicted molar refractivity (Wildman–Crippen MR) is 254 cm³/mol. The fourth-order valence-corrected chi connectivity index (χ4v) is 10.4. The van der Waals surface area contributed by atoms with Crippen molar-refractivity contribution in [3.63, 3.8) is 0 Å². The SMILES string of the molecule is CC1(C)c2ccc3cc2-c2cc(ccc21)N(c1ccc2c(c1)c1ccccc1n2-c1ccccc1)c1cccc(c1)-c1cccc(c1)N3c1ccc2c(c1)oc1ccccc12. The Morgan fingerprint density at radius 3 is 1.56 bits per heavy atom. The second kappa shape index (κ2) is 12.6. The lowest BCUT2D eigenvalue weighted by molar-refractivity contribution is 0.660. The zero-order valence-corrected chi connectivity index (χ0v) is 33.8. The molecular formula is C57H39N3O. The summed E-state index contributed by atoms with van der Waals surface area (Å²) in [5.74, 6) is 0. The van der Waals surface area contributed by atoms with E-state index in [0.717, 1.165) is 72.9 Å². The lowest BCUT2D eigenvalue weighted by Crippen LogP contribution is -2.16. The topological polar surface area (TPSA) is 24.6 Å². The van der Waals surface area contributed by atoms with Crippen LogP contribution in [0.3, 0.4) is 0 Å². The molecule has 0 atom stereocenters. The van der Waals surface area contributed by atoms with Crippen molar-refractivity contribution in [1.29, 1.82) is 0 Å². The smallest absolute Gasteiger partial charge is 0.137 e. The van der Waals surface area contributed by atoms with Crippen molar-refractivity contribution in [3.8, 4) is 27.9 Å². The van der Waals surface area contributed by atoms with E-state index in [9.17, 15) is 0 Å². The van der Waals surface area contributed by atoms with E-state index in [-0.39, 0.29) is 5.41 Å². The van der Waals surface area contributed by atoms with Crippen LogP contribution in [0.25, 0.3) is 71.7 Å². The maximum absolute atomic E-state index is 6.46. The standard InChI is InChI=1S/C57H39N3O/c1-57(2)51-27-23-41-32-48(51)49-33-42(24-28-52(49)57)59(44-22-26-47-46-19-7-9-21-55(46)61-56(47)35-44)40-17-11-13-37(31-40)36-12-10-16-39(30-36)58(41)43-25-29-54-50(34-43)45-18-6-8-20-53(45)60(54)38-14-4-3-5-15-38/h3-35H,1-2H3. The molecular weight excluding hydrogens is 743 g/mol. The van der Waals surface area contributed by atoms with Crippen molar-refractivity contribution in [3.05, 3.63) is 211 Å². The molecule has 0 radical (unpaired) electrons. The van der Waals surface area contributed by atoms with Crippen LogP contribution in [0.2, 0.25) is 0 Å². The summed E-state index contributed by atoms with van der Waals surface area (Å²) in [6, 6.07) is 73.5. The second-order valence-corrected chi connectivity index (χ2v) is 17.0. The fraction of sp³-hybridized carbons (Fsp3) is 0.0526. The molecule has 0 amide bonds. The molecule has 1 aliphatic heterocycles. The molecule has 13 rings (SSSR count). The number of fused-ring (bicyclic) bond motifs is 13. The molecule has 4 heteroatoms. The molecule has 11 aromatic rings. The molecule has 3 heterocycles. The van der Waals surface area contributed by atoms with E-state index in [1.807, 2.05) is 12.1 Å². The summed E-state index contributed by atoms with van der Waals surface area (Å²) in [7, 11) is 0. The van der Waals surface area contributed by atoms with E-state index >= 15 is 0 Å². The number of hydrogen-bond acceptors (Lipinski definition) is 3. The van der Waals surface area contributed by atoms with E-state index in [4.69, 9.17) is 4.42 Å². The van der Waals surface area contributed by atoms with Gasteiger partial charge in [-0.3, -0.25) is 0 Å². The molecule has 1 aliphatic carbocycles. The van der Waals surface area contributed by atoms with Gasteiger partial charge in [-0.2, -0.15) is 0 Å². The summed E-state index contributed by atoms with van der Waals surface area (Å²) in [6.07, 6.45) is 0. The van der Waals surface area contributed by atoms with Gasteiger partial charge < -0.3 is 18.8 Å². The molecule has 0 N–H and O–H groups in total.